The molecule has 0 aromatic heterocycles. The Bertz CT molecular complexity index is 733. The standard InChI is InChI=1S/C22H30O6/c1-13-7-6-9-21(4,25)10-8-18-22(5,28-18)19(26-15(3)23)12-16-14(2)20(24)27-17(16)11-13/h6,9,11,16-19,25H,2,7-8,10,12H2,1,3-5H3/b9-6+,13-11+/t16?,17-,18?,19?,21?,22?/m0/s1. The van der Waals surface area contributed by atoms with Gasteiger partial charge in [-0.05, 0) is 52.5 Å². The molecule has 2 heterocycles. The number of fused-ring (bicyclic) bond motifs is 2. The van der Waals surface area contributed by atoms with Gasteiger partial charge in [0.25, 0.3) is 0 Å². The largest absolute Gasteiger partial charge is 0.459 e. The number of esters is 2. The van der Waals surface area contributed by atoms with Crippen molar-refractivity contribution in [1.82, 2.24) is 0 Å². The summed E-state index contributed by atoms with van der Waals surface area (Å²) in [5.41, 5.74) is -0.162. The fraction of sp³-hybridized carbons (Fsp3) is 0.636. The maximum Gasteiger partial charge on any atom is 0.334 e. The van der Waals surface area contributed by atoms with Crippen molar-refractivity contribution in [1.29, 1.82) is 0 Å². The molecule has 0 bridgehead atoms. The second-order valence-electron chi connectivity index (χ2n) is 8.64. The maximum atomic E-state index is 12.1. The third-order valence-electron chi connectivity index (χ3n) is 6.02. The van der Waals surface area contributed by atoms with Gasteiger partial charge in [-0.2, -0.15) is 0 Å². The Hall–Kier alpha value is -1.92. The van der Waals surface area contributed by atoms with E-state index in [0.717, 1.165) is 5.57 Å². The quantitative estimate of drug-likeness (QED) is 0.321. The predicted molar refractivity (Wildman–Crippen MR) is 103 cm³/mol. The van der Waals surface area contributed by atoms with E-state index in [1.165, 1.54) is 6.92 Å². The van der Waals surface area contributed by atoms with Gasteiger partial charge in [-0.15, -0.1) is 0 Å². The Kier molecular flexibility index (Phi) is 5.56. The number of hydrogen-bond donors (Lipinski definition) is 1. The van der Waals surface area contributed by atoms with Crippen LogP contribution in [0, 0.1) is 5.92 Å². The van der Waals surface area contributed by atoms with Crippen LogP contribution in [-0.4, -0.2) is 46.6 Å². The van der Waals surface area contributed by atoms with Crippen LogP contribution in [0.2, 0.25) is 0 Å². The second kappa shape index (κ2) is 7.48. The molecule has 0 radical (unpaired) electrons. The highest BCUT2D eigenvalue weighted by Crippen LogP contribution is 2.47. The van der Waals surface area contributed by atoms with Crippen LogP contribution in [0.1, 0.15) is 53.4 Å². The topological polar surface area (TPSA) is 85.4 Å². The third-order valence-corrected chi connectivity index (χ3v) is 6.02. The number of carbonyl (C=O) groups is 2. The van der Waals surface area contributed by atoms with Gasteiger partial charge in [0.15, 0.2) is 0 Å². The van der Waals surface area contributed by atoms with Gasteiger partial charge in [-0.3, -0.25) is 4.79 Å². The van der Waals surface area contributed by atoms with Crippen molar-refractivity contribution in [2.45, 2.75) is 82.9 Å². The maximum absolute atomic E-state index is 12.1. The molecule has 6 nitrogen and oxygen atoms in total. The average Bonchev–Trinajstić information content (AvgIpc) is 3.18. The summed E-state index contributed by atoms with van der Waals surface area (Å²) in [4.78, 5) is 23.9. The number of ether oxygens (including phenoxy) is 3. The molecule has 2 saturated heterocycles. The number of allylic oxidation sites excluding steroid dienone is 2. The van der Waals surface area contributed by atoms with Crippen LogP contribution >= 0.6 is 0 Å². The van der Waals surface area contributed by atoms with Crippen LogP contribution < -0.4 is 0 Å². The van der Waals surface area contributed by atoms with E-state index >= 15 is 0 Å². The van der Waals surface area contributed by atoms with Crippen molar-refractivity contribution in [2.75, 3.05) is 0 Å². The summed E-state index contributed by atoms with van der Waals surface area (Å²) in [5, 5.41) is 10.6. The highest BCUT2D eigenvalue weighted by molar-refractivity contribution is 5.91. The summed E-state index contributed by atoms with van der Waals surface area (Å²) in [7, 11) is 0. The average molecular weight is 390 g/mol. The molecule has 3 rings (SSSR count). The first-order valence-corrected chi connectivity index (χ1v) is 9.84. The van der Waals surface area contributed by atoms with Crippen LogP contribution in [-0.2, 0) is 23.8 Å². The van der Waals surface area contributed by atoms with Crippen LogP contribution in [0.5, 0.6) is 0 Å². The van der Waals surface area contributed by atoms with Gasteiger partial charge >= 0.3 is 11.9 Å². The summed E-state index contributed by atoms with van der Waals surface area (Å²) >= 11 is 0. The van der Waals surface area contributed by atoms with Gasteiger partial charge in [0, 0.05) is 18.4 Å². The molecule has 2 fully saturated rings. The minimum absolute atomic E-state index is 0.123. The molecule has 6 atom stereocenters. The fourth-order valence-electron chi connectivity index (χ4n) is 4.14. The smallest absolute Gasteiger partial charge is 0.334 e. The Morgan fingerprint density at radius 3 is 2.79 bits per heavy atom. The Labute approximate surface area is 166 Å². The molecule has 2 aliphatic heterocycles. The molecule has 28 heavy (non-hydrogen) atoms. The van der Waals surface area contributed by atoms with Crippen LogP contribution in [0.15, 0.2) is 36.0 Å². The molecule has 0 amide bonds. The van der Waals surface area contributed by atoms with Crippen molar-refractivity contribution < 1.29 is 28.9 Å². The first-order chi connectivity index (χ1) is 13.0. The summed E-state index contributed by atoms with van der Waals surface area (Å²) in [6, 6.07) is 0. The lowest BCUT2D eigenvalue weighted by atomic mass is 9.83. The number of aliphatic hydroxyl groups is 1. The van der Waals surface area contributed by atoms with Gasteiger partial charge < -0.3 is 19.3 Å². The molecule has 5 unspecified atom stereocenters. The monoisotopic (exact) mass is 390 g/mol. The van der Waals surface area contributed by atoms with E-state index in [9.17, 15) is 14.7 Å². The number of carbonyl (C=O) groups excluding carboxylic acids is 2. The molecule has 0 aromatic rings. The van der Waals surface area contributed by atoms with Crippen molar-refractivity contribution in [3.8, 4) is 0 Å². The van der Waals surface area contributed by atoms with E-state index in [-0.39, 0.29) is 12.0 Å². The Morgan fingerprint density at radius 2 is 2.11 bits per heavy atom. The summed E-state index contributed by atoms with van der Waals surface area (Å²) in [6.07, 6.45) is 6.80. The normalized spacial score (nSPS) is 44.2. The number of epoxide rings is 1. The summed E-state index contributed by atoms with van der Waals surface area (Å²) in [5.74, 6) is -1.08. The van der Waals surface area contributed by atoms with Gasteiger partial charge in [0.05, 0.1) is 11.7 Å². The molecule has 1 N–H and O–H groups in total. The fourth-order valence-corrected chi connectivity index (χ4v) is 4.14. The highest BCUT2D eigenvalue weighted by atomic mass is 16.6. The number of rotatable bonds is 1. The minimum atomic E-state index is -0.940. The van der Waals surface area contributed by atoms with Crippen molar-refractivity contribution in [3.05, 3.63) is 36.0 Å². The third kappa shape index (κ3) is 4.39. The predicted octanol–water partition coefficient (Wildman–Crippen LogP) is 3.00. The van der Waals surface area contributed by atoms with E-state index in [1.807, 2.05) is 26.0 Å². The lowest BCUT2D eigenvalue weighted by Crippen LogP contribution is -2.37. The first-order valence-electron chi connectivity index (χ1n) is 9.84. The van der Waals surface area contributed by atoms with Gasteiger partial charge in [0.2, 0.25) is 0 Å². The zero-order valence-electron chi connectivity index (χ0n) is 17.1. The van der Waals surface area contributed by atoms with E-state index in [4.69, 9.17) is 14.2 Å². The summed E-state index contributed by atoms with van der Waals surface area (Å²) in [6.45, 7) is 10.9. The van der Waals surface area contributed by atoms with Crippen molar-refractivity contribution in [3.63, 3.8) is 0 Å². The van der Waals surface area contributed by atoms with Crippen LogP contribution in [0.4, 0.5) is 0 Å². The zero-order chi connectivity index (χ0) is 20.7. The van der Waals surface area contributed by atoms with E-state index in [1.54, 1.807) is 13.0 Å². The highest BCUT2D eigenvalue weighted by Gasteiger charge is 2.60. The summed E-state index contributed by atoms with van der Waals surface area (Å²) < 4.78 is 17.1. The Balaban J connectivity index is 1.93. The zero-order valence-corrected chi connectivity index (χ0v) is 17.1. The lowest BCUT2D eigenvalue weighted by molar-refractivity contribution is -0.151. The van der Waals surface area contributed by atoms with E-state index in [0.29, 0.717) is 31.3 Å². The molecule has 3 aliphatic rings. The molecule has 6 heteroatoms. The van der Waals surface area contributed by atoms with Gasteiger partial charge in [-0.1, -0.05) is 24.3 Å². The molecule has 0 spiro atoms. The Morgan fingerprint density at radius 1 is 1.39 bits per heavy atom. The molecule has 154 valence electrons. The lowest BCUT2D eigenvalue weighted by Gasteiger charge is -2.26. The van der Waals surface area contributed by atoms with Gasteiger partial charge in [-0.25, -0.2) is 4.79 Å². The van der Waals surface area contributed by atoms with E-state index < -0.39 is 35.3 Å². The molecular weight excluding hydrogens is 360 g/mol. The van der Waals surface area contributed by atoms with Crippen molar-refractivity contribution >= 4 is 11.9 Å². The van der Waals surface area contributed by atoms with Crippen LogP contribution in [0.3, 0.4) is 0 Å². The van der Waals surface area contributed by atoms with Gasteiger partial charge in [0.1, 0.15) is 17.8 Å². The minimum Gasteiger partial charge on any atom is -0.459 e. The molecule has 1 aliphatic carbocycles. The second-order valence-corrected chi connectivity index (χ2v) is 8.64. The SMILES string of the molecule is C=C1C(=O)O[C@H]2/C=C(\C)C/C=C/C(C)(O)CCC3OC3(C)C(OC(C)=O)CC12. The number of hydrogen-bond acceptors (Lipinski definition) is 6. The molecular formula is C22H30O6. The van der Waals surface area contributed by atoms with Crippen molar-refractivity contribution in [2.24, 2.45) is 5.92 Å². The first kappa shape index (κ1) is 20.8. The molecule has 0 aromatic carbocycles. The van der Waals surface area contributed by atoms with E-state index in [2.05, 4.69) is 6.58 Å². The molecule has 0 saturated carbocycles. The van der Waals surface area contributed by atoms with Crippen LogP contribution in [0.25, 0.3) is 0 Å².